The second-order valence-corrected chi connectivity index (χ2v) is 4.50. The first-order valence-corrected chi connectivity index (χ1v) is 5.70. The summed E-state index contributed by atoms with van der Waals surface area (Å²) in [5.41, 5.74) is 0.971. The summed E-state index contributed by atoms with van der Waals surface area (Å²) in [6.07, 6.45) is 3.13. The topological polar surface area (TPSA) is 37.8 Å². The number of nitrogens with zero attached hydrogens (tertiary/aromatic N) is 2. The summed E-state index contributed by atoms with van der Waals surface area (Å²) in [6.45, 7) is 0. The maximum atomic E-state index is 5.73. The van der Waals surface area contributed by atoms with Gasteiger partial charge in [-0.15, -0.1) is 0 Å². The first-order chi connectivity index (χ1) is 7.24. The minimum absolute atomic E-state index is 0.380. The lowest BCUT2D eigenvalue weighted by Gasteiger charge is -2.05. The van der Waals surface area contributed by atoms with Gasteiger partial charge in [0, 0.05) is 9.26 Å². The van der Waals surface area contributed by atoms with Crippen LogP contribution in [0.4, 0.5) is 11.5 Å². The van der Waals surface area contributed by atoms with E-state index in [-0.39, 0.29) is 0 Å². The molecule has 0 saturated heterocycles. The molecule has 0 aliphatic carbocycles. The van der Waals surface area contributed by atoms with Crippen molar-refractivity contribution in [1.29, 1.82) is 0 Å². The van der Waals surface area contributed by atoms with Crippen LogP contribution in [-0.4, -0.2) is 9.97 Å². The highest BCUT2D eigenvalue weighted by atomic mass is 127. The van der Waals surface area contributed by atoms with Crippen molar-refractivity contribution in [3.63, 3.8) is 0 Å². The molecule has 5 heteroatoms. The van der Waals surface area contributed by atoms with E-state index in [1.807, 2.05) is 24.3 Å². The molecule has 0 atom stereocenters. The van der Waals surface area contributed by atoms with E-state index >= 15 is 0 Å². The van der Waals surface area contributed by atoms with Gasteiger partial charge in [0.1, 0.15) is 5.15 Å². The number of hydrogen-bond acceptors (Lipinski definition) is 3. The fourth-order valence-corrected chi connectivity index (χ4v) is 1.81. The highest BCUT2D eigenvalue weighted by molar-refractivity contribution is 14.1. The van der Waals surface area contributed by atoms with Gasteiger partial charge in [-0.3, -0.25) is 4.98 Å². The van der Waals surface area contributed by atoms with E-state index in [2.05, 4.69) is 37.9 Å². The Morgan fingerprint density at radius 3 is 2.87 bits per heavy atom. The number of nitrogens with one attached hydrogen (secondary N) is 1. The molecule has 2 rings (SSSR count). The molecule has 15 heavy (non-hydrogen) atoms. The number of halogens is 2. The van der Waals surface area contributed by atoms with Crippen molar-refractivity contribution in [2.24, 2.45) is 0 Å². The lowest BCUT2D eigenvalue weighted by Crippen LogP contribution is -1.94. The van der Waals surface area contributed by atoms with E-state index < -0.39 is 0 Å². The first-order valence-electron chi connectivity index (χ1n) is 4.24. The smallest absolute Gasteiger partial charge is 0.150 e. The molecule has 0 saturated carbocycles. The van der Waals surface area contributed by atoms with Crippen molar-refractivity contribution < 1.29 is 0 Å². The van der Waals surface area contributed by atoms with Crippen LogP contribution in [0.1, 0.15) is 0 Å². The molecule has 1 heterocycles. The second kappa shape index (κ2) is 4.76. The minimum atomic E-state index is 0.380. The zero-order chi connectivity index (χ0) is 10.7. The maximum absolute atomic E-state index is 5.73. The molecule has 0 amide bonds. The van der Waals surface area contributed by atoms with Crippen LogP contribution in [0.15, 0.2) is 36.7 Å². The molecule has 76 valence electrons. The molecular weight excluding hydrogens is 324 g/mol. The highest BCUT2D eigenvalue weighted by Crippen LogP contribution is 2.17. The number of anilines is 2. The molecule has 0 radical (unpaired) electrons. The largest absolute Gasteiger partial charge is 0.339 e. The van der Waals surface area contributed by atoms with Gasteiger partial charge in [-0.25, -0.2) is 4.98 Å². The summed E-state index contributed by atoms with van der Waals surface area (Å²) < 4.78 is 1.16. The molecule has 0 bridgehead atoms. The Hall–Kier alpha value is -0.880. The average molecular weight is 332 g/mol. The van der Waals surface area contributed by atoms with Crippen molar-refractivity contribution in [2.75, 3.05) is 5.32 Å². The van der Waals surface area contributed by atoms with Gasteiger partial charge in [0.2, 0.25) is 0 Å². The third-order valence-electron chi connectivity index (χ3n) is 1.70. The molecular formula is C10H7ClIN3. The van der Waals surface area contributed by atoms with Gasteiger partial charge < -0.3 is 5.32 Å². The first kappa shape index (κ1) is 10.6. The molecule has 0 spiro atoms. The van der Waals surface area contributed by atoms with Crippen LogP contribution < -0.4 is 5.32 Å². The zero-order valence-corrected chi connectivity index (χ0v) is 10.5. The predicted molar refractivity (Wildman–Crippen MR) is 69.5 cm³/mol. The van der Waals surface area contributed by atoms with Crippen molar-refractivity contribution in [2.45, 2.75) is 0 Å². The molecule has 1 aromatic carbocycles. The minimum Gasteiger partial charge on any atom is -0.339 e. The summed E-state index contributed by atoms with van der Waals surface area (Å²) in [5.74, 6) is 0.643. The van der Waals surface area contributed by atoms with Crippen molar-refractivity contribution in [1.82, 2.24) is 9.97 Å². The standard InChI is InChI=1S/C10H7ClIN3/c11-9-5-13-6-10(15-9)14-8-3-1-2-7(12)4-8/h1-6H,(H,14,15). The number of rotatable bonds is 2. The third-order valence-corrected chi connectivity index (χ3v) is 2.56. The fourth-order valence-electron chi connectivity index (χ4n) is 1.12. The van der Waals surface area contributed by atoms with E-state index in [0.29, 0.717) is 11.0 Å². The van der Waals surface area contributed by atoms with E-state index in [4.69, 9.17) is 11.6 Å². The van der Waals surface area contributed by atoms with E-state index in [1.54, 1.807) is 6.20 Å². The van der Waals surface area contributed by atoms with Gasteiger partial charge in [0.05, 0.1) is 12.4 Å². The van der Waals surface area contributed by atoms with Crippen LogP contribution in [0.25, 0.3) is 0 Å². The molecule has 0 aliphatic heterocycles. The normalized spacial score (nSPS) is 10.0. The second-order valence-electron chi connectivity index (χ2n) is 2.86. The van der Waals surface area contributed by atoms with Crippen molar-refractivity contribution in [3.05, 3.63) is 45.4 Å². The Morgan fingerprint density at radius 2 is 2.13 bits per heavy atom. The molecule has 0 unspecified atom stereocenters. The Kier molecular flexibility index (Phi) is 3.37. The Bertz CT molecular complexity index is 432. The number of hydrogen-bond donors (Lipinski definition) is 1. The molecule has 0 fully saturated rings. The SMILES string of the molecule is Clc1cncc(Nc2cccc(I)c2)n1. The monoisotopic (exact) mass is 331 g/mol. The molecule has 2 aromatic rings. The molecule has 1 N–H and O–H groups in total. The summed E-state index contributed by atoms with van der Waals surface area (Å²) in [4.78, 5) is 8.03. The average Bonchev–Trinajstić information content (AvgIpc) is 2.17. The lowest BCUT2D eigenvalue weighted by atomic mass is 10.3. The molecule has 0 aliphatic rings. The van der Waals surface area contributed by atoms with Gasteiger partial charge in [-0.2, -0.15) is 0 Å². The molecule has 3 nitrogen and oxygen atoms in total. The van der Waals surface area contributed by atoms with Gasteiger partial charge in [0.15, 0.2) is 5.82 Å². The number of benzene rings is 1. The summed E-state index contributed by atoms with van der Waals surface area (Å²) in [7, 11) is 0. The lowest BCUT2D eigenvalue weighted by molar-refractivity contribution is 1.20. The predicted octanol–water partition coefficient (Wildman–Crippen LogP) is 3.48. The fraction of sp³-hybridized carbons (Fsp3) is 0. The summed E-state index contributed by atoms with van der Waals surface area (Å²) >= 11 is 7.98. The van der Waals surface area contributed by atoms with Gasteiger partial charge >= 0.3 is 0 Å². The van der Waals surface area contributed by atoms with Crippen LogP contribution in [-0.2, 0) is 0 Å². The van der Waals surface area contributed by atoms with Gasteiger partial charge in [-0.1, -0.05) is 17.7 Å². The summed E-state index contributed by atoms with van der Waals surface area (Å²) in [5, 5.41) is 3.50. The zero-order valence-electron chi connectivity index (χ0n) is 7.61. The molecule has 1 aromatic heterocycles. The van der Waals surface area contributed by atoms with Crippen molar-refractivity contribution >= 4 is 45.7 Å². The van der Waals surface area contributed by atoms with Gasteiger partial charge in [-0.05, 0) is 40.8 Å². The van der Waals surface area contributed by atoms with Crippen LogP contribution in [0.5, 0.6) is 0 Å². The Labute approximate surface area is 106 Å². The van der Waals surface area contributed by atoms with Gasteiger partial charge in [0.25, 0.3) is 0 Å². The van der Waals surface area contributed by atoms with Crippen LogP contribution in [0, 0.1) is 3.57 Å². The quantitative estimate of drug-likeness (QED) is 0.856. The van der Waals surface area contributed by atoms with E-state index in [9.17, 15) is 0 Å². The van der Waals surface area contributed by atoms with Crippen LogP contribution in [0.3, 0.4) is 0 Å². The van der Waals surface area contributed by atoms with Crippen LogP contribution >= 0.6 is 34.2 Å². The van der Waals surface area contributed by atoms with Crippen LogP contribution in [0.2, 0.25) is 5.15 Å². The van der Waals surface area contributed by atoms with Crippen molar-refractivity contribution in [3.8, 4) is 0 Å². The van der Waals surface area contributed by atoms with E-state index in [1.165, 1.54) is 6.20 Å². The maximum Gasteiger partial charge on any atom is 0.150 e. The number of aromatic nitrogens is 2. The highest BCUT2D eigenvalue weighted by Gasteiger charge is 1.97. The summed E-state index contributed by atoms with van der Waals surface area (Å²) in [6, 6.07) is 7.98. The third kappa shape index (κ3) is 3.04. The van der Waals surface area contributed by atoms with E-state index in [0.717, 1.165) is 9.26 Å². The Balaban J connectivity index is 2.22. The Morgan fingerprint density at radius 1 is 1.27 bits per heavy atom.